The minimum absolute atomic E-state index is 0.0163. The second-order valence-corrected chi connectivity index (χ2v) is 9.37. The number of fused-ring (bicyclic) bond motifs is 2. The zero-order valence-electron chi connectivity index (χ0n) is 19.2. The molecule has 5 rings (SSSR count). The molecule has 4 nitrogen and oxygen atoms in total. The van der Waals surface area contributed by atoms with Crippen molar-refractivity contribution >= 4 is 6.08 Å². The van der Waals surface area contributed by atoms with Crippen LogP contribution in [0.1, 0.15) is 55.2 Å². The van der Waals surface area contributed by atoms with Gasteiger partial charge in [-0.3, -0.25) is 0 Å². The molecule has 0 aliphatic carbocycles. The topological polar surface area (TPSA) is 36.9 Å². The number of unbranched alkanes of at least 4 members (excludes halogenated alkanes) is 2. The van der Waals surface area contributed by atoms with Crippen LogP contribution in [0.5, 0.6) is 11.5 Å². The van der Waals surface area contributed by atoms with Gasteiger partial charge >= 0.3 is 0 Å². The average Bonchev–Trinajstić information content (AvgIpc) is 2.83. The highest BCUT2D eigenvalue weighted by Gasteiger charge is 2.31. The Bertz CT molecular complexity index is 1080. The number of benzene rings is 2. The van der Waals surface area contributed by atoms with Gasteiger partial charge in [-0.1, -0.05) is 26.2 Å². The van der Waals surface area contributed by atoms with Gasteiger partial charge in [0.2, 0.25) is 0 Å². The van der Waals surface area contributed by atoms with Gasteiger partial charge in [-0.15, -0.1) is 0 Å². The predicted molar refractivity (Wildman–Crippen MR) is 121 cm³/mol. The van der Waals surface area contributed by atoms with Gasteiger partial charge in [0.05, 0.1) is 19.8 Å². The second kappa shape index (κ2) is 10.0. The van der Waals surface area contributed by atoms with Gasteiger partial charge in [0.15, 0.2) is 17.9 Å². The Labute approximate surface area is 197 Å². The molecule has 3 heterocycles. The minimum Gasteiger partial charge on any atom is -0.493 e. The Hall–Kier alpha value is -2.51. The fourth-order valence-corrected chi connectivity index (χ4v) is 4.93. The average molecular weight is 475 g/mol. The van der Waals surface area contributed by atoms with E-state index in [1.165, 1.54) is 25.3 Å². The summed E-state index contributed by atoms with van der Waals surface area (Å²) in [5, 5.41) is 0. The third-order valence-corrected chi connectivity index (χ3v) is 6.78. The van der Waals surface area contributed by atoms with E-state index < -0.39 is 17.9 Å². The molecule has 0 N–H and O–H groups in total. The summed E-state index contributed by atoms with van der Waals surface area (Å²) >= 11 is 0. The van der Waals surface area contributed by atoms with E-state index in [0.29, 0.717) is 29.2 Å². The molecule has 0 bridgehead atoms. The van der Waals surface area contributed by atoms with Crippen LogP contribution in [-0.2, 0) is 15.9 Å². The first kappa shape index (κ1) is 23.2. The van der Waals surface area contributed by atoms with E-state index in [1.54, 1.807) is 18.2 Å². The molecule has 3 aliphatic rings. The van der Waals surface area contributed by atoms with Crippen molar-refractivity contribution in [2.75, 3.05) is 26.4 Å². The van der Waals surface area contributed by atoms with Crippen LogP contribution >= 0.6 is 0 Å². The maximum atomic E-state index is 15.0. The van der Waals surface area contributed by atoms with Crippen LogP contribution in [0.3, 0.4) is 0 Å². The summed E-state index contributed by atoms with van der Waals surface area (Å²) in [6, 6.07) is 5.38. The van der Waals surface area contributed by atoms with Gasteiger partial charge in [0.25, 0.3) is 0 Å². The highest BCUT2D eigenvalue weighted by molar-refractivity contribution is 5.63. The van der Waals surface area contributed by atoms with Crippen LogP contribution in [0.4, 0.5) is 13.2 Å². The summed E-state index contributed by atoms with van der Waals surface area (Å²) in [7, 11) is 0. The third kappa shape index (κ3) is 4.82. The van der Waals surface area contributed by atoms with Gasteiger partial charge < -0.3 is 18.9 Å². The maximum Gasteiger partial charge on any atom is 0.183 e. The zero-order valence-corrected chi connectivity index (χ0v) is 19.2. The van der Waals surface area contributed by atoms with Crippen molar-refractivity contribution in [2.24, 2.45) is 5.92 Å². The molecule has 0 radical (unpaired) electrons. The number of hydrogen-bond donors (Lipinski definition) is 0. The fraction of sp³-hybridized carbons (Fsp3) is 0.481. The van der Waals surface area contributed by atoms with E-state index in [9.17, 15) is 8.78 Å². The molecule has 2 aromatic rings. The van der Waals surface area contributed by atoms with Crippen LogP contribution in [0.25, 0.3) is 6.08 Å². The molecule has 1 fully saturated rings. The van der Waals surface area contributed by atoms with E-state index in [1.807, 2.05) is 0 Å². The van der Waals surface area contributed by atoms with Gasteiger partial charge in [0.1, 0.15) is 24.0 Å². The molecule has 0 aromatic heterocycles. The van der Waals surface area contributed by atoms with Crippen molar-refractivity contribution in [3.63, 3.8) is 0 Å². The van der Waals surface area contributed by atoms with Crippen LogP contribution in [0, 0.1) is 23.4 Å². The highest BCUT2D eigenvalue weighted by atomic mass is 19.1. The molecule has 0 spiro atoms. The Balaban J connectivity index is 1.24. The lowest BCUT2D eigenvalue weighted by Gasteiger charge is -2.33. The van der Waals surface area contributed by atoms with Gasteiger partial charge in [-0.2, -0.15) is 0 Å². The Morgan fingerprint density at radius 3 is 2.53 bits per heavy atom. The molecule has 0 saturated carbocycles. The third-order valence-electron chi connectivity index (χ3n) is 6.78. The van der Waals surface area contributed by atoms with Crippen molar-refractivity contribution in [3.05, 3.63) is 64.0 Å². The lowest BCUT2D eigenvalue weighted by atomic mass is 9.89. The first-order valence-corrected chi connectivity index (χ1v) is 12.0. The molecule has 0 amide bonds. The first-order chi connectivity index (χ1) is 16.5. The van der Waals surface area contributed by atoms with E-state index in [4.69, 9.17) is 18.9 Å². The summed E-state index contributed by atoms with van der Waals surface area (Å²) in [5.74, 6) is -0.776. The zero-order chi connectivity index (χ0) is 23.7. The normalized spacial score (nSPS) is 23.9. The molecule has 34 heavy (non-hydrogen) atoms. The second-order valence-electron chi connectivity index (χ2n) is 9.37. The molecule has 0 unspecified atom stereocenters. The minimum atomic E-state index is -0.742. The van der Waals surface area contributed by atoms with E-state index in [-0.39, 0.29) is 37.3 Å². The number of rotatable bonds is 6. The van der Waals surface area contributed by atoms with Gasteiger partial charge in [-0.25, -0.2) is 13.2 Å². The number of ether oxygens (including phenoxy) is 4. The highest BCUT2D eigenvalue weighted by Crippen LogP contribution is 2.37. The molecular weight excluding hydrogens is 445 g/mol. The van der Waals surface area contributed by atoms with Gasteiger partial charge in [-0.05, 0) is 54.2 Å². The Kier molecular flexibility index (Phi) is 6.84. The standard InChI is InChI=1S/C27H29F3O4/c1-2-3-4-5-16-6-17-9-23(29)22(11-25(17)31-12-16)20-14-33-27(34-15-20)19-7-18-8-21(28)10-24(30)26(18)32-13-19/h7-11,16,20,27H,2-6,12-15H2,1H3/t16-,20-,27-/m1/s1. The van der Waals surface area contributed by atoms with E-state index >= 15 is 4.39 Å². The van der Waals surface area contributed by atoms with E-state index in [2.05, 4.69) is 6.92 Å². The van der Waals surface area contributed by atoms with E-state index in [0.717, 1.165) is 30.2 Å². The van der Waals surface area contributed by atoms with Crippen molar-refractivity contribution in [2.45, 2.75) is 51.2 Å². The van der Waals surface area contributed by atoms with Crippen molar-refractivity contribution in [3.8, 4) is 11.5 Å². The lowest BCUT2D eigenvalue weighted by molar-refractivity contribution is -0.168. The van der Waals surface area contributed by atoms with Crippen molar-refractivity contribution in [1.29, 1.82) is 0 Å². The quantitative estimate of drug-likeness (QED) is 0.470. The monoisotopic (exact) mass is 474 g/mol. The summed E-state index contributed by atoms with van der Waals surface area (Å²) in [4.78, 5) is 0. The molecule has 1 atom stereocenters. The summed E-state index contributed by atoms with van der Waals surface area (Å²) < 4.78 is 65.7. The largest absolute Gasteiger partial charge is 0.493 e. The van der Waals surface area contributed by atoms with Crippen molar-refractivity contribution < 1.29 is 32.1 Å². The van der Waals surface area contributed by atoms with Crippen molar-refractivity contribution in [1.82, 2.24) is 0 Å². The molecular formula is C27H29F3O4. The van der Waals surface area contributed by atoms with Crippen LogP contribution in [-0.4, -0.2) is 32.7 Å². The first-order valence-electron chi connectivity index (χ1n) is 12.0. The Morgan fingerprint density at radius 1 is 0.912 bits per heavy atom. The number of halogens is 3. The predicted octanol–water partition coefficient (Wildman–Crippen LogP) is 6.17. The molecule has 1 saturated heterocycles. The molecule has 182 valence electrons. The maximum absolute atomic E-state index is 15.0. The summed E-state index contributed by atoms with van der Waals surface area (Å²) in [5.41, 5.74) is 2.37. The van der Waals surface area contributed by atoms with Crippen LogP contribution < -0.4 is 9.47 Å². The smallest absolute Gasteiger partial charge is 0.183 e. The van der Waals surface area contributed by atoms with Gasteiger partial charge in [0, 0.05) is 23.1 Å². The molecule has 2 aromatic carbocycles. The molecule has 7 heteroatoms. The van der Waals surface area contributed by atoms with Crippen LogP contribution in [0.2, 0.25) is 0 Å². The summed E-state index contributed by atoms with van der Waals surface area (Å²) in [6.45, 7) is 3.43. The molecule has 3 aliphatic heterocycles. The van der Waals surface area contributed by atoms with Crippen LogP contribution in [0.15, 0.2) is 29.8 Å². The lowest BCUT2D eigenvalue weighted by Crippen LogP contribution is -2.35. The SMILES string of the molecule is CCCCC[C@H]1COc2cc([C@H]3CO[C@H](C4=Cc5cc(F)cc(F)c5OC4)OC3)c(F)cc2C1. The Morgan fingerprint density at radius 2 is 1.74 bits per heavy atom. The number of hydrogen-bond acceptors (Lipinski definition) is 4. The fourth-order valence-electron chi connectivity index (χ4n) is 4.93. The summed E-state index contributed by atoms with van der Waals surface area (Å²) in [6.07, 6.45) is 6.43.